The lowest BCUT2D eigenvalue weighted by atomic mass is 9.80. The summed E-state index contributed by atoms with van der Waals surface area (Å²) in [6.07, 6.45) is 2.77. The average molecular weight is 469 g/mol. The highest BCUT2D eigenvalue weighted by atomic mass is 19.1. The Morgan fingerprint density at radius 1 is 0.750 bits per heavy atom. The average Bonchev–Trinajstić information content (AvgIpc) is 3.12. The van der Waals surface area contributed by atoms with E-state index in [9.17, 15) is 4.39 Å². The first kappa shape index (κ1) is 22.5. The second-order valence-electron chi connectivity index (χ2n) is 10.4. The number of halogens is 1. The van der Waals surface area contributed by atoms with Gasteiger partial charge in [-0.2, -0.15) is 0 Å². The van der Waals surface area contributed by atoms with Gasteiger partial charge >= 0.3 is 0 Å². The third-order valence-corrected chi connectivity index (χ3v) is 7.74. The Morgan fingerprint density at radius 3 is 2.22 bits per heavy atom. The predicted molar refractivity (Wildman–Crippen MR) is 151 cm³/mol. The molecule has 0 heterocycles. The van der Waals surface area contributed by atoms with Crippen LogP contribution >= 0.6 is 0 Å². The van der Waals surface area contributed by atoms with Crippen LogP contribution in [-0.2, 0) is 11.8 Å². The first-order valence-electron chi connectivity index (χ1n) is 12.6. The number of hydrogen-bond donors (Lipinski definition) is 0. The molecule has 0 aliphatic heterocycles. The van der Waals surface area contributed by atoms with E-state index in [0.29, 0.717) is 12.0 Å². The molecule has 0 bridgehead atoms. The number of fused-ring (bicyclic) bond motifs is 5. The molecule has 0 fully saturated rings. The van der Waals surface area contributed by atoms with E-state index in [1.807, 2.05) is 30.3 Å². The number of aryl methyl sites for hydroxylation is 1. The molecule has 5 aromatic carbocycles. The van der Waals surface area contributed by atoms with Crippen molar-refractivity contribution in [3.63, 3.8) is 0 Å². The Balaban J connectivity index is 1.50. The molecule has 6 rings (SSSR count). The van der Waals surface area contributed by atoms with E-state index in [2.05, 4.69) is 87.5 Å². The Kier molecular flexibility index (Phi) is 5.38. The van der Waals surface area contributed by atoms with Gasteiger partial charge in [-0.15, -0.1) is 0 Å². The molecule has 176 valence electrons. The fraction of sp³-hybridized carbons (Fsp3) is 0.143. The molecule has 1 aliphatic rings. The van der Waals surface area contributed by atoms with Crippen molar-refractivity contribution in [1.82, 2.24) is 0 Å². The molecule has 36 heavy (non-hydrogen) atoms. The van der Waals surface area contributed by atoms with Gasteiger partial charge in [0.15, 0.2) is 0 Å². The zero-order valence-corrected chi connectivity index (χ0v) is 21.0. The molecule has 0 amide bonds. The topological polar surface area (TPSA) is 0 Å². The first-order chi connectivity index (χ1) is 17.4. The van der Waals surface area contributed by atoms with Crippen molar-refractivity contribution in [1.29, 1.82) is 0 Å². The van der Waals surface area contributed by atoms with Crippen LogP contribution in [0.5, 0.6) is 0 Å². The van der Waals surface area contributed by atoms with Gasteiger partial charge in [-0.25, -0.2) is 4.39 Å². The maximum Gasteiger partial charge on any atom is 0.126 e. The highest BCUT2D eigenvalue weighted by molar-refractivity contribution is 6.04. The van der Waals surface area contributed by atoms with E-state index < -0.39 is 0 Å². The minimum absolute atomic E-state index is 0.0955. The third kappa shape index (κ3) is 3.67. The molecule has 0 saturated carbocycles. The van der Waals surface area contributed by atoms with Crippen molar-refractivity contribution < 1.29 is 4.39 Å². The van der Waals surface area contributed by atoms with Crippen molar-refractivity contribution >= 4 is 22.4 Å². The second kappa shape index (κ2) is 8.60. The molecule has 0 N–H and O–H groups in total. The van der Waals surface area contributed by atoms with Crippen LogP contribution in [0.2, 0.25) is 0 Å². The molecule has 5 aromatic rings. The summed E-state index contributed by atoms with van der Waals surface area (Å²) < 4.78 is 14.6. The monoisotopic (exact) mass is 468 g/mol. The van der Waals surface area contributed by atoms with Gasteiger partial charge in [0.25, 0.3) is 0 Å². The molecular formula is C35H29F. The summed E-state index contributed by atoms with van der Waals surface area (Å²) in [6, 6.07) is 35.3. The fourth-order valence-corrected chi connectivity index (χ4v) is 5.81. The van der Waals surface area contributed by atoms with Crippen LogP contribution in [0.4, 0.5) is 4.39 Å². The van der Waals surface area contributed by atoms with Crippen LogP contribution in [0.3, 0.4) is 0 Å². The van der Waals surface area contributed by atoms with E-state index in [4.69, 9.17) is 0 Å². The van der Waals surface area contributed by atoms with Crippen molar-refractivity contribution in [2.24, 2.45) is 0 Å². The van der Waals surface area contributed by atoms with Gasteiger partial charge in [-0.3, -0.25) is 0 Å². The molecule has 1 aliphatic carbocycles. The van der Waals surface area contributed by atoms with Gasteiger partial charge in [-0.1, -0.05) is 117 Å². The Hall–Kier alpha value is -3.97. The molecule has 0 atom stereocenters. The molecule has 0 radical (unpaired) electrons. The number of benzene rings is 5. The van der Waals surface area contributed by atoms with Crippen molar-refractivity contribution in [3.05, 3.63) is 142 Å². The van der Waals surface area contributed by atoms with E-state index in [0.717, 1.165) is 16.7 Å². The SMILES string of the molecule is Cc1cc2c(c3ccccc13)-c1ccc(/C=C(/Cc3ccccc3F)c3ccccc3)cc1C2(C)C. The van der Waals surface area contributed by atoms with Gasteiger partial charge in [0.1, 0.15) is 5.82 Å². The van der Waals surface area contributed by atoms with Gasteiger partial charge < -0.3 is 0 Å². The lowest BCUT2D eigenvalue weighted by Gasteiger charge is -2.22. The molecule has 0 nitrogen and oxygen atoms in total. The van der Waals surface area contributed by atoms with Crippen LogP contribution < -0.4 is 0 Å². The summed E-state index contributed by atoms with van der Waals surface area (Å²) in [5.41, 5.74) is 10.7. The number of allylic oxidation sites excluding steroid dienone is 1. The van der Waals surface area contributed by atoms with Gasteiger partial charge in [0, 0.05) is 11.8 Å². The zero-order valence-electron chi connectivity index (χ0n) is 21.0. The van der Waals surface area contributed by atoms with Gasteiger partial charge in [-0.05, 0) is 73.8 Å². The minimum Gasteiger partial charge on any atom is -0.207 e. The Morgan fingerprint density at radius 2 is 1.44 bits per heavy atom. The van der Waals surface area contributed by atoms with E-state index in [1.165, 1.54) is 38.6 Å². The van der Waals surface area contributed by atoms with E-state index in [-0.39, 0.29) is 11.2 Å². The lowest BCUT2D eigenvalue weighted by Crippen LogP contribution is -2.15. The standard InChI is InChI=1S/C35H29F/c1-23-19-32-34(29-15-9-8-14-28(23)29)30-18-17-24(21-31(30)35(32,2)3)20-27(25-11-5-4-6-12-25)22-26-13-7-10-16-33(26)36/h4-21H,22H2,1-3H3/b27-20-. The largest absolute Gasteiger partial charge is 0.207 e. The zero-order chi connectivity index (χ0) is 24.9. The molecular weight excluding hydrogens is 439 g/mol. The molecule has 0 spiro atoms. The van der Waals surface area contributed by atoms with Crippen LogP contribution in [-0.4, -0.2) is 0 Å². The predicted octanol–water partition coefficient (Wildman–Crippen LogP) is 9.38. The Bertz CT molecular complexity index is 1640. The first-order valence-corrected chi connectivity index (χ1v) is 12.6. The normalized spacial score (nSPS) is 14.1. The quantitative estimate of drug-likeness (QED) is 0.230. The molecule has 1 heteroatoms. The van der Waals surface area contributed by atoms with Crippen molar-refractivity contribution in [2.75, 3.05) is 0 Å². The molecule has 0 unspecified atom stereocenters. The fourth-order valence-electron chi connectivity index (χ4n) is 5.81. The summed E-state index contributed by atoms with van der Waals surface area (Å²) in [4.78, 5) is 0. The number of hydrogen-bond acceptors (Lipinski definition) is 0. The lowest BCUT2D eigenvalue weighted by molar-refractivity contribution is 0.615. The highest BCUT2D eigenvalue weighted by Crippen LogP contribution is 2.52. The highest BCUT2D eigenvalue weighted by Gasteiger charge is 2.36. The summed E-state index contributed by atoms with van der Waals surface area (Å²) in [5.74, 6) is -0.160. The summed E-state index contributed by atoms with van der Waals surface area (Å²) in [6.45, 7) is 6.87. The van der Waals surface area contributed by atoms with E-state index >= 15 is 0 Å². The van der Waals surface area contributed by atoms with Crippen LogP contribution in [0.15, 0.2) is 103 Å². The van der Waals surface area contributed by atoms with E-state index in [1.54, 1.807) is 12.1 Å². The molecule has 0 saturated heterocycles. The minimum atomic E-state index is -0.160. The van der Waals surface area contributed by atoms with Crippen molar-refractivity contribution in [3.8, 4) is 11.1 Å². The third-order valence-electron chi connectivity index (χ3n) is 7.74. The van der Waals surface area contributed by atoms with Gasteiger partial charge in [0.05, 0.1) is 0 Å². The summed E-state index contributed by atoms with van der Waals surface area (Å²) in [5, 5.41) is 2.65. The molecule has 0 aromatic heterocycles. The van der Waals surface area contributed by atoms with Gasteiger partial charge in [0.2, 0.25) is 0 Å². The summed E-state index contributed by atoms with van der Waals surface area (Å²) in [7, 11) is 0. The second-order valence-corrected chi connectivity index (χ2v) is 10.4. The van der Waals surface area contributed by atoms with Crippen LogP contribution in [0.25, 0.3) is 33.5 Å². The van der Waals surface area contributed by atoms with Crippen LogP contribution in [0, 0.1) is 12.7 Å². The van der Waals surface area contributed by atoms with Crippen LogP contribution in [0.1, 0.15) is 47.2 Å². The number of rotatable bonds is 4. The van der Waals surface area contributed by atoms with Crippen molar-refractivity contribution in [2.45, 2.75) is 32.6 Å². The maximum absolute atomic E-state index is 14.6. The Labute approximate surface area is 212 Å². The smallest absolute Gasteiger partial charge is 0.126 e. The maximum atomic E-state index is 14.6. The summed E-state index contributed by atoms with van der Waals surface area (Å²) >= 11 is 0.